The predicted molar refractivity (Wildman–Crippen MR) is 135 cm³/mol. The molecule has 0 aliphatic heterocycles. The standard InChI is InChI=1S/C26H28F3N5O3S/c1-3-21(15-30-19-6-7-19)38(36,37)34(2)20-8-4-17-10-23-16(13-32-33-23)11-25(17,12-20)24(35)22-9-5-18(14-31-22)26(27,28)29/h3,5,9-10,13-15,19-20,30H,1,4,6-8,11-12H2,2H3,(H,32,33)/b21-15+/t20-,25-/m0/s1. The second-order valence-electron chi connectivity index (χ2n) is 10.1. The van der Waals surface area contributed by atoms with Crippen LogP contribution in [0.2, 0.25) is 0 Å². The van der Waals surface area contributed by atoms with E-state index >= 15 is 0 Å². The second-order valence-corrected chi connectivity index (χ2v) is 12.1. The van der Waals surface area contributed by atoms with Crippen molar-refractivity contribution >= 4 is 21.9 Å². The van der Waals surface area contributed by atoms with E-state index in [0.29, 0.717) is 19.0 Å². The SMILES string of the molecule is C=C/C(=C\NC1CC1)S(=O)(=O)N(C)[C@H]1CCC2=Cc3[nH]ncc3C[C@]2(C(=O)c2ccc(C(F)(F)F)cn2)C1. The Labute approximate surface area is 218 Å². The average molecular weight is 548 g/mol. The number of pyridine rings is 1. The van der Waals surface area contributed by atoms with Crippen molar-refractivity contribution in [2.45, 2.75) is 56.8 Å². The van der Waals surface area contributed by atoms with Gasteiger partial charge in [0.25, 0.3) is 0 Å². The number of rotatable bonds is 8. The molecular formula is C26H28F3N5O3S. The minimum atomic E-state index is -4.58. The molecule has 0 radical (unpaired) electrons. The van der Waals surface area contributed by atoms with Crippen LogP contribution in [0.5, 0.6) is 0 Å². The summed E-state index contributed by atoms with van der Waals surface area (Å²) in [6, 6.07) is 1.66. The Balaban J connectivity index is 1.49. The minimum Gasteiger partial charge on any atom is -0.387 e. The van der Waals surface area contributed by atoms with Crippen molar-refractivity contribution in [2.24, 2.45) is 5.41 Å². The number of hydrogen-bond acceptors (Lipinski definition) is 6. The van der Waals surface area contributed by atoms with Crippen LogP contribution < -0.4 is 5.32 Å². The highest BCUT2D eigenvalue weighted by molar-refractivity contribution is 7.93. The zero-order valence-electron chi connectivity index (χ0n) is 20.8. The Bertz CT molecular complexity index is 1420. The molecule has 0 unspecified atom stereocenters. The third-order valence-corrected chi connectivity index (χ3v) is 9.63. The van der Waals surface area contributed by atoms with Gasteiger partial charge in [-0.2, -0.15) is 22.6 Å². The largest absolute Gasteiger partial charge is 0.417 e. The number of alkyl halides is 3. The number of H-pyrrole nitrogens is 1. The number of Topliss-reactive ketones (excluding diaryl/α,β-unsaturated/α-hetero) is 1. The smallest absolute Gasteiger partial charge is 0.387 e. The number of carbonyl (C=O) groups is 1. The fraction of sp³-hybridized carbons (Fsp3) is 0.423. The molecular weight excluding hydrogens is 519 g/mol. The van der Waals surface area contributed by atoms with Gasteiger partial charge >= 0.3 is 6.18 Å². The van der Waals surface area contributed by atoms with Crippen LogP contribution in [0.3, 0.4) is 0 Å². The first-order chi connectivity index (χ1) is 18.0. The van der Waals surface area contributed by atoms with E-state index < -0.39 is 39.0 Å². The van der Waals surface area contributed by atoms with E-state index in [1.807, 2.05) is 6.08 Å². The molecule has 2 N–H and O–H groups in total. The first kappa shape index (κ1) is 26.4. The van der Waals surface area contributed by atoms with Crippen LogP contribution in [-0.2, 0) is 22.6 Å². The maximum absolute atomic E-state index is 14.0. The molecule has 0 saturated heterocycles. The lowest BCUT2D eigenvalue weighted by Gasteiger charge is -2.45. The van der Waals surface area contributed by atoms with Gasteiger partial charge in [0, 0.05) is 31.5 Å². The second kappa shape index (κ2) is 9.49. The van der Waals surface area contributed by atoms with Crippen molar-refractivity contribution in [3.63, 3.8) is 0 Å². The number of halogens is 3. The van der Waals surface area contributed by atoms with Crippen LogP contribution in [-0.4, -0.2) is 52.8 Å². The van der Waals surface area contributed by atoms with Gasteiger partial charge in [-0.1, -0.05) is 12.2 Å². The zero-order valence-corrected chi connectivity index (χ0v) is 21.6. The molecule has 2 heterocycles. The van der Waals surface area contributed by atoms with Crippen LogP contribution in [0.15, 0.2) is 53.9 Å². The molecule has 0 amide bonds. The van der Waals surface area contributed by atoms with Gasteiger partial charge in [0.1, 0.15) is 5.69 Å². The molecule has 2 saturated carbocycles. The van der Waals surface area contributed by atoms with E-state index in [2.05, 4.69) is 27.1 Å². The summed E-state index contributed by atoms with van der Waals surface area (Å²) < 4.78 is 67.6. The Hall–Kier alpha value is -3.25. The molecule has 0 aromatic carbocycles. The van der Waals surface area contributed by atoms with Crippen LogP contribution in [0, 0.1) is 5.41 Å². The molecule has 5 rings (SSSR count). The van der Waals surface area contributed by atoms with E-state index in [1.165, 1.54) is 23.6 Å². The van der Waals surface area contributed by atoms with E-state index in [-0.39, 0.29) is 29.5 Å². The van der Waals surface area contributed by atoms with Gasteiger partial charge in [-0.05, 0) is 68.4 Å². The van der Waals surface area contributed by atoms with Gasteiger partial charge < -0.3 is 5.32 Å². The summed E-state index contributed by atoms with van der Waals surface area (Å²) >= 11 is 0. The van der Waals surface area contributed by atoms with Gasteiger partial charge in [0.15, 0.2) is 5.78 Å². The molecule has 0 spiro atoms. The Morgan fingerprint density at radius 2 is 2.03 bits per heavy atom. The lowest BCUT2D eigenvalue weighted by Crippen LogP contribution is -2.49. The average Bonchev–Trinajstić information content (AvgIpc) is 3.61. The van der Waals surface area contributed by atoms with E-state index in [4.69, 9.17) is 0 Å². The molecule has 2 aromatic rings. The molecule has 8 nitrogen and oxygen atoms in total. The van der Waals surface area contributed by atoms with Crippen molar-refractivity contribution in [3.05, 3.63) is 76.4 Å². The lowest BCUT2D eigenvalue weighted by atomic mass is 9.60. The minimum absolute atomic E-state index is 0.0405. The Kier molecular flexibility index (Phi) is 6.59. The molecule has 2 aromatic heterocycles. The summed E-state index contributed by atoms with van der Waals surface area (Å²) in [5.74, 6) is -0.435. The van der Waals surface area contributed by atoms with Gasteiger partial charge in [0.2, 0.25) is 10.0 Å². The topological polar surface area (TPSA) is 108 Å². The van der Waals surface area contributed by atoms with E-state index in [0.717, 1.165) is 41.8 Å². The normalized spacial score (nSPS) is 23.9. The summed E-state index contributed by atoms with van der Waals surface area (Å²) in [7, 11) is -2.43. The summed E-state index contributed by atoms with van der Waals surface area (Å²) in [5.41, 5.74) is 0.131. The molecule has 12 heteroatoms. The number of sulfonamides is 1. The molecule has 3 aliphatic carbocycles. The van der Waals surface area contributed by atoms with Gasteiger partial charge in [-0.3, -0.25) is 14.9 Å². The van der Waals surface area contributed by atoms with E-state index in [1.54, 1.807) is 6.20 Å². The van der Waals surface area contributed by atoms with Gasteiger partial charge in [0.05, 0.1) is 27.8 Å². The Morgan fingerprint density at radius 1 is 1.26 bits per heavy atom. The highest BCUT2D eigenvalue weighted by Crippen LogP contribution is 2.50. The number of nitrogens with one attached hydrogen (secondary N) is 2. The highest BCUT2D eigenvalue weighted by Gasteiger charge is 2.51. The highest BCUT2D eigenvalue weighted by atomic mass is 32.2. The van der Waals surface area contributed by atoms with E-state index in [9.17, 15) is 26.4 Å². The fourth-order valence-corrected chi connectivity index (χ4v) is 6.63. The number of aromatic nitrogens is 3. The molecule has 2 fully saturated rings. The number of hydrogen-bond donors (Lipinski definition) is 2. The maximum Gasteiger partial charge on any atom is 0.417 e. The molecule has 202 valence electrons. The summed E-state index contributed by atoms with van der Waals surface area (Å²) in [4.78, 5) is 17.9. The van der Waals surface area contributed by atoms with Gasteiger partial charge in [-0.15, -0.1) is 0 Å². The number of allylic oxidation sites excluding steroid dienone is 2. The van der Waals surface area contributed by atoms with Crippen LogP contribution >= 0.6 is 0 Å². The Morgan fingerprint density at radius 3 is 2.66 bits per heavy atom. The summed E-state index contributed by atoms with van der Waals surface area (Å²) in [5, 5.41) is 10.1. The van der Waals surface area contributed by atoms with Crippen LogP contribution in [0.4, 0.5) is 13.2 Å². The van der Waals surface area contributed by atoms with Crippen LogP contribution in [0.25, 0.3) is 6.08 Å². The monoisotopic (exact) mass is 547 g/mol. The number of aromatic amines is 1. The zero-order chi connectivity index (χ0) is 27.3. The quantitative estimate of drug-likeness (QED) is 0.379. The van der Waals surface area contributed by atoms with Crippen molar-refractivity contribution in [1.29, 1.82) is 0 Å². The molecule has 3 aliphatic rings. The van der Waals surface area contributed by atoms with Crippen molar-refractivity contribution in [3.8, 4) is 0 Å². The van der Waals surface area contributed by atoms with Gasteiger partial charge in [-0.25, -0.2) is 8.42 Å². The van der Waals surface area contributed by atoms with Crippen LogP contribution in [0.1, 0.15) is 59.4 Å². The number of ketones is 1. The van der Waals surface area contributed by atoms with Crippen molar-refractivity contribution < 1.29 is 26.4 Å². The summed E-state index contributed by atoms with van der Waals surface area (Å²) in [6.45, 7) is 3.67. The number of nitrogens with zero attached hydrogens (tertiary/aromatic N) is 3. The summed E-state index contributed by atoms with van der Waals surface area (Å²) in [6.07, 6.45) is 5.57. The third kappa shape index (κ3) is 4.71. The molecule has 2 atom stereocenters. The number of fused-ring (bicyclic) bond motifs is 2. The predicted octanol–water partition coefficient (Wildman–Crippen LogP) is 4.23. The first-order valence-corrected chi connectivity index (χ1v) is 13.8. The van der Waals surface area contributed by atoms with Crippen molar-refractivity contribution in [1.82, 2.24) is 24.8 Å². The number of carbonyl (C=O) groups excluding carboxylic acids is 1. The first-order valence-electron chi connectivity index (χ1n) is 12.3. The fourth-order valence-electron chi connectivity index (χ4n) is 5.30. The molecule has 0 bridgehead atoms. The molecule has 38 heavy (non-hydrogen) atoms. The third-order valence-electron chi connectivity index (χ3n) is 7.70. The lowest BCUT2D eigenvalue weighted by molar-refractivity contribution is -0.137. The maximum atomic E-state index is 14.0. The van der Waals surface area contributed by atoms with Crippen molar-refractivity contribution in [2.75, 3.05) is 7.05 Å².